The van der Waals surface area contributed by atoms with E-state index >= 15 is 0 Å². The number of nitrogens with zero attached hydrogens (tertiary/aromatic N) is 2. The third kappa shape index (κ3) is 4.16. The summed E-state index contributed by atoms with van der Waals surface area (Å²) in [7, 11) is -3.67. The van der Waals surface area contributed by atoms with Gasteiger partial charge in [0.1, 0.15) is 0 Å². The Morgan fingerprint density at radius 3 is 2.19 bits per heavy atom. The van der Waals surface area contributed by atoms with Gasteiger partial charge in [0.05, 0.1) is 10.5 Å². The van der Waals surface area contributed by atoms with E-state index in [1.165, 1.54) is 28.6 Å². The van der Waals surface area contributed by atoms with Crippen molar-refractivity contribution < 1.29 is 23.1 Å². The number of carboxylic acid groups (broad SMARTS) is 1. The second-order valence-corrected chi connectivity index (χ2v) is 9.32. The second-order valence-electron chi connectivity index (χ2n) is 7.38. The van der Waals surface area contributed by atoms with Crippen LogP contribution in [-0.4, -0.2) is 60.3 Å². The lowest BCUT2D eigenvalue weighted by atomic mass is 9.94. The summed E-state index contributed by atoms with van der Waals surface area (Å²) in [6, 6.07) is 5.50. The number of hydrogen-bond donors (Lipinski definition) is 1. The summed E-state index contributed by atoms with van der Waals surface area (Å²) < 4.78 is 27.0. The Hall–Kier alpha value is -1.93. The minimum atomic E-state index is -3.67. The number of piperidine rings is 2. The molecule has 1 atom stereocenters. The summed E-state index contributed by atoms with van der Waals surface area (Å²) in [4.78, 5) is 25.8. The number of likely N-dealkylation sites (tertiary alicyclic amines) is 1. The molecule has 7 nitrogen and oxygen atoms in total. The van der Waals surface area contributed by atoms with E-state index in [0.29, 0.717) is 25.9 Å². The minimum absolute atomic E-state index is 0.0499. The summed E-state index contributed by atoms with van der Waals surface area (Å²) in [5, 5.41) is 8.94. The molecule has 1 amide bonds. The number of carboxylic acids is 1. The Kier molecular flexibility index (Phi) is 5.86. The predicted molar refractivity (Wildman–Crippen MR) is 99.9 cm³/mol. The SMILES string of the molecule is CC1CCCCN1C(=O)C1CCN(S(=O)(=O)c2ccc(C(=O)O)cc2)CC1. The van der Waals surface area contributed by atoms with Gasteiger partial charge in [0.15, 0.2) is 0 Å². The molecule has 3 rings (SSSR count). The Balaban J connectivity index is 1.64. The Morgan fingerprint density at radius 2 is 1.63 bits per heavy atom. The van der Waals surface area contributed by atoms with Crippen molar-refractivity contribution in [1.82, 2.24) is 9.21 Å². The standard InChI is InChI=1S/C19H26N2O5S/c1-14-4-2-3-11-21(14)18(22)15-9-12-20(13-10-15)27(25,26)17-7-5-16(6-8-17)19(23)24/h5-8,14-15H,2-4,9-13H2,1H3,(H,23,24). The first-order valence-electron chi connectivity index (χ1n) is 9.44. The molecule has 1 aromatic rings. The zero-order valence-electron chi connectivity index (χ0n) is 15.5. The molecular weight excluding hydrogens is 368 g/mol. The second kappa shape index (κ2) is 7.98. The van der Waals surface area contributed by atoms with Gasteiger partial charge in [-0.1, -0.05) is 0 Å². The van der Waals surface area contributed by atoms with Crippen LogP contribution in [0, 0.1) is 5.92 Å². The fourth-order valence-corrected chi connectivity index (χ4v) is 5.39. The highest BCUT2D eigenvalue weighted by molar-refractivity contribution is 7.89. The van der Waals surface area contributed by atoms with Crippen molar-refractivity contribution >= 4 is 21.9 Å². The summed E-state index contributed by atoms with van der Waals surface area (Å²) in [6.07, 6.45) is 4.27. The molecule has 0 aliphatic carbocycles. The van der Waals surface area contributed by atoms with Gasteiger partial charge < -0.3 is 10.0 Å². The number of benzene rings is 1. The number of rotatable bonds is 4. The van der Waals surface area contributed by atoms with E-state index in [-0.39, 0.29) is 28.3 Å². The maximum Gasteiger partial charge on any atom is 0.335 e. The molecule has 1 N–H and O–H groups in total. The van der Waals surface area contributed by atoms with Gasteiger partial charge >= 0.3 is 5.97 Å². The monoisotopic (exact) mass is 394 g/mol. The highest BCUT2D eigenvalue weighted by atomic mass is 32.2. The molecule has 2 aliphatic rings. The molecule has 0 saturated carbocycles. The first kappa shape index (κ1) is 19.8. The zero-order chi connectivity index (χ0) is 19.6. The zero-order valence-corrected chi connectivity index (χ0v) is 16.3. The van der Waals surface area contributed by atoms with E-state index in [2.05, 4.69) is 6.92 Å². The van der Waals surface area contributed by atoms with Crippen LogP contribution >= 0.6 is 0 Å². The molecule has 0 radical (unpaired) electrons. The quantitative estimate of drug-likeness (QED) is 0.845. The highest BCUT2D eigenvalue weighted by Crippen LogP contribution is 2.27. The van der Waals surface area contributed by atoms with Crippen molar-refractivity contribution in [1.29, 1.82) is 0 Å². The fraction of sp³-hybridized carbons (Fsp3) is 0.579. The van der Waals surface area contributed by atoms with E-state index in [0.717, 1.165) is 25.8 Å². The molecular formula is C19H26N2O5S. The topological polar surface area (TPSA) is 95.0 Å². The van der Waals surface area contributed by atoms with Crippen LogP contribution in [0.5, 0.6) is 0 Å². The van der Waals surface area contributed by atoms with Crippen LogP contribution in [0.25, 0.3) is 0 Å². The third-order valence-electron chi connectivity index (χ3n) is 5.63. The van der Waals surface area contributed by atoms with Gasteiger partial charge in [-0.25, -0.2) is 13.2 Å². The molecule has 27 heavy (non-hydrogen) atoms. The van der Waals surface area contributed by atoms with Crippen LogP contribution in [0.4, 0.5) is 0 Å². The molecule has 2 fully saturated rings. The van der Waals surface area contributed by atoms with Crippen LogP contribution < -0.4 is 0 Å². The normalized spacial score (nSPS) is 22.6. The lowest BCUT2D eigenvalue weighted by Gasteiger charge is -2.38. The van der Waals surface area contributed by atoms with Crippen LogP contribution in [0.3, 0.4) is 0 Å². The van der Waals surface area contributed by atoms with Gasteiger partial charge in [-0.2, -0.15) is 4.31 Å². The molecule has 1 aromatic carbocycles. The summed E-state index contributed by atoms with van der Waals surface area (Å²) in [5.41, 5.74) is 0.0499. The predicted octanol–water partition coefficient (Wildman–Crippen LogP) is 2.19. The third-order valence-corrected chi connectivity index (χ3v) is 7.54. The number of sulfonamides is 1. The maximum atomic E-state index is 12.8. The van der Waals surface area contributed by atoms with E-state index in [9.17, 15) is 18.0 Å². The largest absolute Gasteiger partial charge is 0.478 e. The van der Waals surface area contributed by atoms with Crippen molar-refractivity contribution in [3.05, 3.63) is 29.8 Å². The molecule has 8 heteroatoms. The Labute approximate surface area is 160 Å². The lowest BCUT2D eigenvalue weighted by molar-refractivity contribution is -0.140. The van der Waals surface area contributed by atoms with Crippen LogP contribution in [0.1, 0.15) is 49.4 Å². The summed E-state index contributed by atoms with van der Waals surface area (Å²) >= 11 is 0. The summed E-state index contributed by atoms with van der Waals surface area (Å²) in [6.45, 7) is 3.50. The Morgan fingerprint density at radius 1 is 1.00 bits per heavy atom. The number of aromatic carboxylic acids is 1. The number of carbonyl (C=O) groups is 2. The first-order chi connectivity index (χ1) is 12.8. The van der Waals surface area contributed by atoms with Gasteiger partial charge in [0, 0.05) is 31.6 Å². The minimum Gasteiger partial charge on any atom is -0.478 e. The summed E-state index contributed by atoms with van der Waals surface area (Å²) in [5.74, 6) is -1.05. The van der Waals surface area contributed by atoms with Crippen LogP contribution in [-0.2, 0) is 14.8 Å². The number of hydrogen-bond acceptors (Lipinski definition) is 4. The number of carbonyl (C=O) groups excluding carboxylic acids is 1. The van der Waals surface area contributed by atoms with E-state index in [1.54, 1.807) is 0 Å². The first-order valence-corrected chi connectivity index (χ1v) is 10.9. The van der Waals surface area contributed by atoms with Crippen molar-refractivity contribution in [2.24, 2.45) is 5.92 Å². The van der Waals surface area contributed by atoms with Crippen molar-refractivity contribution in [3.8, 4) is 0 Å². The smallest absolute Gasteiger partial charge is 0.335 e. The van der Waals surface area contributed by atoms with Crippen molar-refractivity contribution in [2.75, 3.05) is 19.6 Å². The van der Waals surface area contributed by atoms with Gasteiger partial charge in [-0.3, -0.25) is 4.79 Å². The van der Waals surface area contributed by atoms with E-state index in [1.807, 2.05) is 4.90 Å². The van der Waals surface area contributed by atoms with Gasteiger partial charge in [-0.05, 0) is 63.3 Å². The molecule has 148 valence electrons. The average molecular weight is 394 g/mol. The van der Waals surface area contributed by atoms with Gasteiger partial charge in [0.2, 0.25) is 15.9 Å². The Bertz CT molecular complexity index is 798. The molecule has 2 aliphatic heterocycles. The van der Waals surface area contributed by atoms with Crippen LogP contribution in [0.2, 0.25) is 0 Å². The molecule has 1 unspecified atom stereocenters. The van der Waals surface area contributed by atoms with Crippen molar-refractivity contribution in [2.45, 2.75) is 50.0 Å². The van der Waals surface area contributed by atoms with Gasteiger partial charge in [-0.15, -0.1) is 0 Å². The molecule has 0 bridgehead atoms. The molecule has 2 heterocycles. The molecule has 0 spiro atoms. The highest BCUT2D eigenvalue weighted by Gasteiger charge is 2.35. The van der Waals surface area contributed by atoms with Crippen molar-refractivity contribution in [3.63, 3.8) is 0 Å². The molecule has 2 saturated heterocycles. The van der Waals surface area contributed by atoms with Crippen LogP contribution in [0.15, 0.2) is 29.2 Å². The number of amides is 1. The maximum absolute atomic E-state index is 12.8. The fourth-order valence-electron chi connectivity index (χ4n) is 3.92. The average Bonchev–Trinajstić information content (AvgIpc) is 2.68. The lowest BCUT2D eigenvalue weighted by Crippen LogP contribution is -2.48. The molecule has 0 aromatic heterocycles. The van der Waals surface area contributed by atoms with E-state index < -0.39 is 16.0 Å². The van der Waals surface area contributed by atoms with E-state index in [4.69, 9.17) is 5.11 Å². The van der Waals surface area contributed by atoms with Gasteiger partial charge in [0.25, 0.3) is 0 Å².